The maximum Gasteiger partial charge on any atom is 0.126 e. The van der Waals surface area contributed by atoms with E-state index in [1.165, 1.54) is 6.07 Å². The van der Waals surface area contributed by atoms with E-state index in [-0.39, 0.29) is 5.82 Å². The lowest BCUT2D eigenvalue weighted by molar-refractivity contribution is 0.619. The van der Waals surface area contributed by atoms with Crippen LogP contribution in [0.1, 0.15) is 5.56 Å². The lowest BCUT2D eigenvalue weighted by atomic mass is 10.0. The monoisotopic (exact) mass is 201 g/mol. The molecule has 0 radical (unpaired) electrons. The molecule has 0 saturated heterocycles. The molecular weight excluding hydrogens is 189 g/mol. The van der Waals surface area contributed by atoms with Gasteiger partial charge in [0.05, 0.1) is 0 Å². The molecule has 0 aliphatic carbocycles. The highest BCUT2D eigenvalue weighted by Crippen LogP contribution is 2.22. The zero-order valence-corrected chi connectivity index (χ0v) is 8.50. The van der Waals surface area contributed by atoms with Crippen LogP contribution in [0, 0.1) is 12.7 Å². The first kappa shape index (κ1) is 9.71. The van der Waals surface area contributed by atoms with Crippen LogP contribution in [-0.4, -0.2) is 0 Å². The summed E-state index contributed by atoms with van der Waals surface area (Å²) in [5.74, 6) is -0.172. The van der Waals surface area contributed by atoms with Crippen molar-refractivity contribution in [3.63, 3.8) is 0 Å². The Balaban J connectivity index is 2.45. The summed E-state index contributed by atoms with van der Waals surface area (Å²) in [6, 6.07) is 12.6. The zero-order chi connectivity index (χ0) is 10.8. The standard InChI is InChI=1S/C13H12FN/c1-9-8-11(4-7-13(9)14)10-2-5-12(15)6-3-10/h2-8H,15H2,1H3. The number of anilines is 1. The maximum atomic E-state index is 13.1. The van der Waals surface area contributed by atoms with E-state index in [2.05, 4.69) is 0 Å². The summed E-state index contributed by atoms with van der Waals surface area (Å²) >= 11 is 0. The largest absolute Gasteiger partial charge is 0.399 e. The van der Waals surface area contributed by atoms with Crippen LogP contribution in [0.3, 0.4) is 0 Å². The molecule has 0 bridgehead atoms. The molecule has 2 aromatic carbocycles. The van der Waals surface area contributed by atoms with Crippen LogP contribution in [0.2, 0.25) is 0 Å². The van der Waals surface area contributed by atoms with E-state index in [9.17, 15) is 4.39 Å². The van der Waals surface area contributed by atoms with Crippen molar-refractivity contribution in [3.05, 3.63) is 53.8 Å². The van der Waals surface area contributed by atoms with E-state index in [1.807, 2.05) is 30.3 Å². The topological polar surface area (TPSA) is 26.0 Å². The Kier molecular flexibility index (Phi) is 2.42. The van der Waals surface area contributed by atoms with Gasteiger partial charge in [-0.2, -0.15) is 0 Å². The summed E-state index contributed by atoms with van der Waals surface area (Å²) in [7, 11) is 0. The van der Waals surface area contributed by atoms with Crippen molar-refractivity contribution in [1.82, 2.24) is 0 Å². The van der Waals surface area contributed by atoms with Gasteiger partial charge in [-0.25, -0.2) is 4.39 Å². The summed E-state index contributed by atoms with van der Waals surface area (Å²) in [6.45, 7) is 1.76. The van der Waals surface area contributed by atoms with Crippen molar-refractivity contribution >= 4 is 5.69 Å². The zero-order valence-electron chi connectivity index (χ0n) is 8.50. The Hall–Kier alpha value is -1.83. The molecule has 2 N–H and O–H groups in total. The molecule has 0 spiro atoms. The molecule has 0 aliphatic rings. The van der Waals surface area contributed by atoms with Crippen molar-refractivity contribution in [2.45, 2.75) is 6.92 Å². The summed E-state index contributed by atoms with van der Waals surface area (Å²) in [5.41, 5.74) is 9.05. The Morgan fingerprint density at radius 3 is 2.13 bits per heavy atom. The van der Waals surface area contributed by atoms with Crippen LogP contribution in [0.25, 0.3) is 11.1 Å². The van der Waals surface area contributed by atoms with Gasteiger partial charge in [-0.1, -0.05) is 18.2 Å². The fourth-order valence-electron chi connectivity index (χ4n) is 1.50. The van der Waals surface area contributed by atoms with E-state index in [0.717, 1.165) is 16.8 Å². The van der Waals surface area contributed by atoms with Crippen molar-refractivity contribution in [2.75, 3.05) is 5.73 Å². The minimum absolute atomic E-state index is 0.172. The fraction of sp³-hybridized carbons (Fsp3) is 0.0769. The molecule has 1 nitrogen and oxygen atoms in total. The molecule has 0 saturated carbocycles. The average Bonchev–Trinajstić information content (AvgIpc) is 2.23. The molecule has 0 aliphatic heterocycles. The van der Waals surface area contributed by atoms with Gasteiger partial charge in [-0.3, -0.25) is 0 Å². The van der Waals surface area contributed by atoms with Gasteiger partial charge < -0.3 is 5.73 Å². The third kappa shape index (κ3) is 1.99. The SMILES string of the molecule is Cc1cc(-c2ccc(N)cc2)ccc1F. The van der Waals surface area contributed by atoms with Gasteiger partial charge in [0.25, 0.3) is 0 Å². The predicted molar refractivity (Wildman–Crippen MR) is 61.0 cm³/mol. The first-order chi connectivity index (χ1) is 7.16. The number of halogens is 1. The third-order valence-corrected chi connectivity index (χ3v) is 2.40. The molecular formula is C13H12FN. The van der Waals surface area contributed by atoms with Gasteiger partial charge in [-0.15, -0.1) is 0 Å². The number of nitrogens with two attached hydrogens (primary N) is 1. The van der Waals surface area contributed by atoms with Crippen LogP contribution in [0.15, 0.2) is 42.5 Å². The van der Waals surface area contributed by atoms with Gasteiger partial charge in [0.2, 0.25) is 0 Å². The van der Waals surface area contributed by atoms with Crippen molar-refractivity contribution < 1.29 is 4.39 Å². The second kappa shape index (κ2) is 3.73. The van der Waals surface area contributed by atoms with E-state index < -0.39 is 0 Å². The molecule has 76 valence electrons. The van der Waals surface area contributed by atoms with E-state index >= 15 is 0 Å². The van der Waals surface area contributed by atoms with Crippen LogP contribution >= 0.6 is 0 Å². The second-order valence-electron chi connectivity index (χ2n) is 3.59. The molecule has 0 heterocycles. The van der Waals surface area contributed by atoms with Crippen LogP contribution in [0.5, 0.6) is 0 Å². The highest BCUT2D eigenvalue weighted by Gasteiger charge is 2.01. The smallest absolute Gasteiger partial charge is 0.126 e. The second-order valence-corrected chi connectivity index (χ2v) is 3.59. The van der Waals surface area contributed by atoms with Crippen LogP contribution < -0.4 is 5.73 Å². The molecule has 0 fully saturated rings. The average molecular weight is 201 g/mol. The first-order valence-corrected chi connectivity index (χ1v) is 4.79. The molecule has 2 heteroatoms. The quantitative estimate of drug-likeness (QED) is 0.703. The molecule has 0 aromatic heterocycles. The molecule has 0 unspecified atom stereocenters. The Labute approximate surface area is 88.4 Å². The van der Waals surface area contributed by atoms with Gasteiger partial charge in [-0.05, 0) is 47.9 Å². The van der Waals surface area contributed by atoms with E-state index in [1.54, 1.807) is 13.0 Å². The van der Waals surface area contributed by atoms with Gasteiger partial charge >= 0.3 is 0 Å². The normalized spacial score (nSPS) is 10.3. The lowest BCUT2D eigenvalue weighted by Gasteiger charge is -2.04. The first-order valence-electron chi connectivity index (χ1n) is 4.79. The third-order valence-electron chi connectivity index (χ3n) is 2.40. The highest BCUT2D eigenvalue weighted by molar-refractivity contribution is 5.66. The molecule has 2 rings (SSSR count). The summed E-state index contributed by atoms with van der Waals surface area (Å²) < 4.78 is 13.1. The van der Waals surface area contributed by atoms with Gasteiger partial charge in [0.15, 0.2) is 0 Å². The minimum atomic E-state index is -0.172. The number of hydrogen-bond donors (Lipinski definition) is 1. The van der Waals surface area contributed by atoms with E-state index in [4.69, 9.17) is 5.73 Å². The van der Waals surface area contributed by atoms with Crippen molar-refractivity contribution in [2.24, 2.45) is 0 Å². The van der Waals surface area contributed by atoms with Gasteiger partial charge in [0.1, 0.15) is 5.82 Å². The Bertz CT molecular complexity index is 474. The predicted octanol–water partition coefficient (Wildman–Crippen LogP) is 3.38. The van der Waals surface area contributed by atoms with Crippen LogP contribution in [0.4, 0.5) is 10.1 Å². The minimum Gasteiger partial charge on any atom is -0.399 e. The van der Waals surface area contributed by atoms with Crippen molar-refractivity contribution in [3.8, 4) is 11.1 Å². The Morgan fingerprint density at radius 1 is 0.933 bits per heavy atom. The fourth-order valence-corrected chi connectivity index (χ4v) is 1.50. The maximum absolute atomic E-state index is 13.1. The van der Waals surface area contributed by atoms with Crippen molar-refractivity contribution in [1.29, 1.82) is 0 Å². The molecule has 2 aromatic rings. The number of nitrogen functional groups attached to an aromatic ring is 1. The number of rotatable bonds is 1. The molecule has 15 heavy (non-hydrogen) atoms. The summed E-state index contributed by atoms with van der Waals surface area (Å²) in [6.07, 6.45) is 0. The van der Waals surface area contributed by atoms with Gasteiger partial charge in [0, 0.05) is 5.69 Å². The molecule has 0 amide bonds. The number of aryl methyl sites for hydroxylation is 1. The lowest BCUT2D eigenvalue weighted by Crippen LogP contribution is -1.86. The summed E-state index contributed by atoms with van der Waals surface area (Å²) in [4.78, 5) is 0. The Morgan fingerprint density at radius 2 is 1.53 bits per heavy atom. The van der Waals surface area contributed by atoms with Crippen LogP contribution in [-0.2, 0) is 0 Å². The number of hydrogen-bond acceptors (Lipinski definition) is 1. The number of benzene rings is 2. The van der Waals surface area contributed by atoms with E-state index in [0.29, 0.717) is 5.56 Å². The molecule has 0 atom stereocenters. The highest BCUT2D eigenvalue weighted by atomic mass is 19.1. The summed E-state index contributed by atoms with van der Waals surface area (Å²) in [5, 5.41) is 0.